The van der Waals surface area contributed by atoms with Crippen molar-refractivity contribution in [2.24, 2.45) is 0 Å². The van der Waals surface area contributed by atoms with Gasteiger partial charge in [0.1, 0.15) is 5.75 Å². The van der Waals surface area contributed by atoms with Crippen LogP contribution in [0.15, 0.2) is 36.7 Å². The summed E-state index contributed by atoms with van der Waals surface area (Å²) in [6.45, 7) is 4.55. The minimum absolute atomic E-state index is 0. The number of pyridine rings is 1. The molecule has 0 radical (unpaired) electrons. The summed E-state index contributed by atoms with van der Waals surface area (Å²) in [5.41, 5.74) is 2.73. The molecule has 1 amide bonds. The molecule has 0 aliphatic heterocycles. The zero-order valence-corrected chi connectivity index (χ0v) is 15.7. The van der Waals surface area contributed by atoms with Crippen molar-refractivity contribution in [1.29, 1.82) is 0 Å². The molecule has 2 rings (SSSR count). The number of amides is 1. The van der Waals surface area contributed by atoms with Crippen LogP contribution in [0, 0.1) is 13.8 Å². The number of nitrogens with one attached hydrogen (secondary N) is 1. The van der Waals surface area contributed by atoms with Crippen LogP contribution in [0.2, 0.25) is 5.02 Å². The highest BCUT2D eigenvalue weighted by Crippen LogP contribution is 2.30. The van der Waals surface area contributed by atoms with Crippen molar-refractivity contribution in [3.05, 3.63) is 52.8 Å². The number of methoxy groups -OCH3 is 1. The summed E-state index contributed by atoms with van der Waals surface area (Å²) >= 11 is 6.06. The first-order chi connectivity index (χ1) is 10.5. The van der Waals surface area contributed by atoms with Gasteiger partial charge in [-0.3, -0.25) is 4.79 Å². The van der Waals surface area contributed by atoms with Gasteiger partial charge in [0.2, 0.25) is 5.91 Å². The van der Waals surface area contributed by atoms with Crippen LogP contribution in [-0.4, -0.2) is 13.0 Å². The molecule has 0 saturated carbocycles. The standard InChI is InChI=1S/C17H19ClN2O2.BrH/c1-12-4-7-20(8-5-12)9-6-17(21)19-15-10-13(2)14(18)11-16(15)22-3;/h4-5,7-8,10-11H,6,9H2,1-3H3;1H. The lowest BCUT2D eigenvalue weighted by Gasteiger charge is -2.11. The summed E-state index contributed by atoms with van der Waals surface area (Å²) in [7, 11) is 1.55. The van der Waals surface area contributed by atoms with Crippen LogP contribution >= 0.6 is 11.6 Å². The van der Waals surface area contributed by atoms with Gasteiger partial charge in [-0.25, -0.2) is 4.57 Å². The maximum atomic E-state index is 12.1. The Morgan fingerprint density at radius 3 is 2.52 bits per heavy atom. The number of hydrogen-bond donors (Lipinski definition) is 1. The van der Waals surface area contributed by atoms with E-state index in [2.05, 4.69) is 5.32 Å². The number of carbonyl (C=O) groups is 1. The molecule has 0 aliphatic rings. The predicted octanol–water partition coefficient (Wildman–Crippen LogP) is 0.286. The Bertz CT molecular complexity index is 675. The van der Waals surface area contributed by atoms with Gasteiger partial charge in [0.15, 0.2) is 18.9 Å². The average molecular weight is 400 g/mol. The van der Waals surface area contributed by atoms with Crippen molar-refractivity contribution < 1.29 is 31.1 Å². The second kappa shape index (κ2) is 8.89. The summed E-state index contributed by atoms with van der Waals surface area (Å²) in [6.07, 6.45) is 4.32. The Labute approximate surface area is 152 Å². The number of nitrogens with zero attached hydrogens (tertiary/aromatic N) is 1. The normalized spacial score (nSPS) is 9.91. The van der Waals surface area contributed by atoms with Crippen molar-refractivity contribution in [2.75, 3.05) is 12.4 Å². The van der Waals surface area contributed by atoms with Gasteiger partial charge in [0, 0.05) is 23.2 Å². The third-order valence-electron chi connectivity index (χ3n) is 3.41. The van der Waals surface area contributed by atoms with Crippen molar-refractivity contribution in [3.8, 4) is 5.75 Å². The Kier molecular flexibility index (Phi) is 7.52. The van der Waals surface area contributed by atoms with Crippen molar-refractivity contribution >= 4 is 23.2 Å². The quantitative estimate of drug-likeness (QED) is 0.734. The number of aryl methyl sites for hydroxylation is 3. The van der Waals surface area contributed by atoms with Crippen LogP contribution in [0.1, 0.15) is 17.5 Å². The van der Waals surface area contributed by atoms with Gasteiger partial charge in [0.25, 0.3) is 0 Å². The zero-order valence-electron chi connectivity index (χ0n) is 13.4. The molecule has 2 aromatic rings. The lowest BCUT2D eigenvalue weighted by molar-refractivity contribution is -0.695. The van der Waals surface area contributed by atoms with Gasteiger partial charge in [-0.1, -0.05) is 11.6 Å². The van der Waals surface area contributed by atoms with Gasteiger partial charge in [-0.2, -0.15) is 0 Å². The Balaban J connectivity index is 0.00000264. The van der Waals surface area contributed by atoms with Crippen molar-refractivity contribution in [2.45, 2.75) is 26.8 Å². The molecule has 0 bridgehead atoms. The highest BCUT2D eigenvalue weighted by Gasteiger charge is 2.12. The average Bonchev–Trinajstić information content (AvgIpc) is 2.50. The fraction of sp³-hybridized carbons (Fsp3) is 0.294. The number of benzene rings is 1. The largest absolute Gasteiger partial charge is 1.00 e. The first-order valence-corrected chi connectivity index (χ1v) is 7.47. The van der Waals surface area contributed by atoms with Crippen LogP contribution in [0.3, 0.4) is 0 Å². The molecule has 0 saturated heterocycles. The number of aromatic nitrogens is 1. The second-order valence-electron chi connectivity index (χ2n) is 5.21. The molecule has 0 fully saturated rings. The van der Waals surface area contributed by atoms with E-state index in [4.69, 9.17) is 16.3 Å². The number of rotatable bonds is 5. The van der Waals surface area contributed by atoms with Crippen LogP contribution in [0.5, 0.6) is 5.75 Å². The Morgan fingerprint density at radius 2 is 1.91 bits per heavy atom. The molecule has 4 nitrogen and oxygen atoms in total. The van der Waals surface area contributed by atoms with Crippen molar-refractivity contribution in [1.82, 2.24) is 0 Å². The van der Waals surface area contributed by atoms with Gasteiger partial charge >= 0.3 is 0 Å². The first kappa shape index (κ1) is 19.5. The second-order valence-corrected chi connectivity index (χ2v) is 5.62. The maximum Gasteiger partial charge on any atom is 0.230 e. The molecule has 1 aromatic heterocycles. The molecule has 0 aliphatic carbocycles. The number of hydrogen-bond acceptors (Lipinski definition) is 2. The number of ether oxygens (including phenoxy) is 1. The summed E-state index contributed by atoms with van der Waals surface area (Å²) in [4.78, 5) is 12.1. The van der Waals surface area contributed by atoms with E-state index >= 15 is 0 Å². The van der Waals surface area contributed by atoms with E-state index in [-0.39, 0.29) is 22.9 Å². The number of carbonyl (C=O) groups excluding carboxylic acids is 1. The zero-order chi connectivity index (χ0) is 16.1. The van der Waals surface area contributed by atoms with Gasteiger partial charge in [-0.05, 0) is 31.0 Å². The van der Waals surface area contributed by atoms with E-state index in [9.17, 15) is 4.79 Å². The SMILES string of the molecule is COc1cc(Cl)c(C)cc1NC(=O)CC[n+]1ccc(C)cc1.[Br-]. The van der Waals surface area contributed by atoms with E-state index in [0.29, 0.717) is 29.4 Å². The smallest absolute Gasteiger partial charge is 0.230 e. The molecule has 124 valence electrons. The van der Waals surface area contributed by atoms with Gasteiger partial charge in [0.05, 0.1) is 19.2 Å². The molecule has 1 N–H and O–H groups in total. The third kappa shape index (κ3) is 5.52. The van der Waals surface area contributed by atoms with Crippen molar-refractivity contribution in [3.63, 3.8) is 0 Å². The Morgan fingerprint density at radius 1 is 1.26 bits per heavy atom. The van der Waals surface area contributed by atoms with Gasteiger partial charge < -0.3 is 27.0 Å². The number of anilines is 1. The highest BCUT2D eigenvalue weighted by molar-refractivity contribution is 6.31. The molecule has 6 heteroatoms. The van der Waals surface area contributed by atoms with Crippen LogP contribution in [0.25, 0.3) is 0 Å². The fourth-order valence-electron chi connectivity index (χ4n) is 2.05. The summed E-state index contributed by atoms with van der Waals surface area (Å²) < 4.78 is 7.24. The van der Waals surface area contributed by atoms with E-state index in [1.807, 2.05) is 49.0 Å². The minimum Gasteiger partial charge on any atom is -1.00 e. The van der Waals surface area contributed by atoms with Crippen LogP contribution in [0.4, 0.5) is 5.69 Å². The summed E-state index contributed by atoms with van der Waals surface area (Å²) in [6, 6.07) is 7.56. The molecule has 23 heavy (non-hydrogen) atoms. The topological polar surface area (TPSA) is 42.2 Å². The number of halogens is 2. The highest BCUT2D eigenvalue weighted by atomic mass is 79.9. The maximum absolute atomic E-state index is 12.1. The Hall–Kier alpha value is -1.59. The summed E-state index contributed by atoms with van der Waals surface area (Å²) in [5.74, 6) is 0.500. The van der Waals surface area contributed by atoms with Gasteiger partial charge in [-0.15, -0.1) is 0 Å². The molecular weight excluding hydrogens is 380 g/mol. The molecule has 1 aromatic carbocycles. The van der Waals surface area contributed by atoms with Crippen LogP contribution < -0.4 is 31.6 Å². The molecule has 0 unspecified atom stereocenters. The molecule has 0 atom stereocenters. The van der Waals surface area contributed by atoms with E-state index in [1.54, 1.807) is 13.2 Å². The molecule has 0 spiro atoms. The third-order valence-corrected chi connectivity index (χ3v) is 3.82. The fourth-order valence-corrected chi connectivity index (χ4v) is 2.21. The first-order valence-electron chi connectivity index (χ1n) is 7.09. The predicted molar refractivity (Wildman–Crippen MR) is 87.4 cm³/mol. The van der Waals surface area contributed by atoms with E-state index in [1.165, 1.54) is 5.56 Å². The molecular formula is C17H20BrClN2O2. The molecule has 1 heterocycles. The monoisotopic (exact) mass is 398 g/mol. The summed E-state index contributed by atoms with van der Waals surface area (Å²) in [5, 5.41) is 3.49. The van der Waals surface area contributed by atoms with E-state index in [0.717, 1.165) is 5.56 Å². The van der Waals surface area contributed by atoms with E-state index < -0.39 is 0 Å². The van der Waals surface area contributed by atoms with Crippen LogP contribution in [-0.2, 0) is 11.3 Å². The lowest BCUT2D eigenvalue weighted by atomic mass is 10.2. The minimum atomic E-state index is -0.0619. The lowest BCUT2D eigenvalue weighted by Crippen LogP contribution is -3.00.